The first kappa shape index (κ1) is 25.6. The van der Waals surface area contributed by atoms with Crippen LogP contribution in [-0.4, -0.2) is 58.2 Å². The Morgan fingerprint density at radius 2 is 2.03 bits per heavy atom. The van der Waals surface area contributed by atoms with Gasteiger partial charge in [0.2, 0.25) is 11.8 Å². The maximum absolute atomic E-state index is 12.6. The summed E-state index contributed by atoms with van der Waals surface area (Å²) in [4.78, 5) is 37.0. The Balaban J connectivity index is 0.00000141. The number of ether oxygens (including phenoxy) is 1. The predicted octanol–water partition coefficient (Wildman–Crippen LogP) is 1.81. The van der Waals surface area contributed by atoms with E-state index in [1.807, 2.05) is 27.1 Å². The van der Waals surface area contributed by atoms with Crippen molar-refractivity contribution >= 4 is 18.3 Å². The molecule has 0 bridgehead atoms. The molecule has 2 amide bonds. The first-order chi connectivity index (χ1) is 14.4. The van der Waals surface area contributed by atoms with Gasteiger partial charge in [-0.25, -0.2) is 4.98 Å². The molecule has 3 atom stereocenters. The third-order valence-electron chi connectivity index (χ3n) is 5.36. The average molecular weight is 425 g/mol. The molecule has 1 fully saturated rings. The summed E-state index contributed by atoms with van der Waals surface area (Å²) in [7, 11) is 0. The fourth-order valence-electron chi connectivity index (χ4n) is 3.51. The zero-order chi connectivity index (χ0) is 22.5. The molecule has 0 radical (unpaired) electrons. The summed E-state index contributed by atoms with van der Waals surface area (Å²) in [5.41, 5.74) is 2.15. The number of rotatable bonds is 9. The summed E-state index contributed by atoms with van der Waals surface area (Å²) < 4.78 is 8.01. The second-order valence-electron chi connectivity index (χ2n) is 7.45. The Bertz CT molecular complexity index is 676. The number of nitrogens with zero attached hydrogens (tertiary/aromatic N) is 2. The minimum absolute atomic E-state index is 0.00428. The molecule has 1 aliphatic carbocycles. The topological polar surface area (TPSA) is 123 Å². The molecule has 1 heterocycles. The smallest absolute Gasteiger partial charge is 0.290 e. The molecule has 0 saturated heterocycles. The minimum Gasteiger partial charge on any atom is -0.483 e. The quantitative estimate of drug-likeness (QED) is 0.520. The highest BCUT2D eigenvalue weighted by molar-refractivity contribution is 5.79. The molecule has 0 aliphatic heterocycles. The Morgan fingerprint density at radius 1 is 1.33 bits per heavy atom. The lowest BCUT2D eigenvalue weighted by Gasteiger charge is -2.36. The molecule has 30 heavy (non-hydrogen) atoms. The van der Waals surface area contributed by atoms with Crippen molar-refractivity contribution in [3.63, 3.8) is 0 Å². The van der Waals surface area contributed by atoms with E-state index in [0.29, 0.717) is 26.0 Å². The number of imidazole rings is 1. The van der Waals surface area contributed by atoms with Crippen LogP contribution in [0.5, 0.6) is 0 Å². The van der Waals surface area contributed by atoms with E-state index in [1.165, 1.54) is 0 Å². The molecule has 2 rings (SSSR count). The first-order valence-electron chi connectivity index (χ1n) is 10.6. The molecule has 0 unspecified atom stereocenters. The molecule has 1 aromatic heterocycles. The zero-order valence-corrected chi connectivity index (χ0v) is 18.5. The molecule has 170 valence electrons. The van der Waals surface area contributed by atoms with Crippen LogP contribution in [-0.2, 0) is 25.7 Å². The predicted molar refractivity (Wildman–Crippen MR) is 113 cm³/mol. The highest BCUT2D eigenvalue weighted by Gasteiger charge is 2.35. The van der Waals surface area contributed by atoms with Crippen LogP contribution < -0.4 is 10.6 Å². The monoisotopic (exact) mass is 424 g/mol. The van der Waals surface area contributed by atoms with Crippen LogP contribution in [0.2, 0.25) is 0 Å². The number of hydrogen-bond acceptors (Lipinski definition) is 5. The van der Waals surface area contributed by atoms with Gasteiger partial charge in [0, 0.05) is 37.7 Å². The van der Waals surface area contributed by atoms with Crippen LogP contribution in [0.25, 0.3) is 0 Å². The molecule has 9 nitrogen and oxygen atoms in total. The Hall–Kier alpha value is -2.42. The Morgan fingerprint density at radius 3 is 2.60 bits per heavy atom. The lowest BCUT2D eigenvalue weighted by atomic mass is 9.83. The molecule has 3 N–H and O–H groups in total. The van der Waals surface area contributed by atoms with E-state index in [4.69, 9.17) is 14.6 Å². The number of carbonyl (C=O) groups is 3. The van der Waals surface area contributed by atoms with E-state index in [-0.39, 0.29) is 36.4 Å². The van der Waals surface area contributed by atoms with E-state index in [2.05, 4.69) is 27.1 Å². The van der Waals surface area contributed by atoms with Gasteiger partial charge >= 0.3 is 0 Å². The molecular formula is C21H36N4O5. The van der Waals surface area contributed by atoms with Crippen molar-refractivity contribution < 1.29 is 24.2 Å². The maximum atomic E-state index is 12.6. The number of aryl methyl sites for hydroxylation is 1. The van der Waals surface area contributed by atoms with E-state index in [9.17, 15) is 9.59 Å². The summed E-state index contributed by atoms with van der Waals surface area (Å²) in [6.45, 7) is 9.63. The van der Waals surface area contributed by atoms with Crippen molar-refractivity contribution in [2.75, 3.05) is 13.2 Å². The highest BCUT2D eigenvalue weighted by atomic mass is 16.5. The number of aromatic nitrogens is 2. The number of hydrogen-bond donors (Lipinski definition) is 3. The van der Waals surface area contributed by atoms with Gasteiger partial charge in [0.1, 0.15) is 0 Å². The van der Waals surface area contributed by atoms with Crippen molar-refractivity contribution in [3.05, 3.63) is 17.7 Å². The van der Waals surface area contributed by atoms with Crippen LogP contribution in [0.3, 0.4) is 0 Å². The number of carboxylic acid groups (broad SMARTS) is 1. The molecule has 9 heteroatoms. The fourth-order valence-corrected chi connectivity index (χ4v) is 3.51. The van der Waals surface area contributed by atoms with Gasteiger partial charge in [0.15, 0.2) is 0 Å². The molecular weight excluding hydrogens is 388 g/mol. The van der Waals surface area contributed by atoms with Crippen LogP contribution >= 0.6 is 0 Å². The molecule has 0 spiro atoms. The molecule has 0 aromatic carbocycles. The van der Waals surface area contributed by atoms with Gasteiger partial charge in [0.05, 0.1) is 24.2 Å². The van der Waals surface area contributed by atoms with E-state index >= 15 is 0 Å². The maximum Gasteiger partial charge on any atom is 0.290 e. The van der Waals surface area contributed by atoms with Crippen molar-refractivity contribution in [3.8, 4) is 0 Å². The highest BCUT2D eigenvalue weighted by Crippen LogP contribution is 2.27. The molecule has 1 aromatic rings. The number of carbonyl (C=O) groups excluding carboxylic acids is 2. The van der Waals surface area contributed by atoms with Crippen LogP contribution in [0.4, 0.5) is 0 Å². The second kappa shape index (κ2) is 13.7. The van der Waals surface area contributed by atoms with Gasteiger partial charge < -0.3 is 25.0 Å². The first-order valence-corrected chi connectivity index (χ1v) is 10.6. The average Bonchev–Trinajstić information content (AvgIpc) is 3.05. The van der Waals surface area contributed by atoms with Gasteiger partial charge in [-0.2, -0.15) is 0 Å². The zero-order valence-electron chi connectivity index (χ0n) is 18.5. The van der Waals surface area contributed by atoms with Gasteiger partial charge in [-0.1, -0.05) is 13.8 Å². The molecule has 1 saturated carbocycles. The normalized spacial score (nSPS) is 20.6. The fraction of sp³-hybridized carbons (Fsp3) is 0.714. The largest absolute Gasteiger partial charge is 0.483 e. The molecule has 1 aliphatic rings. The number of amides is 2. The third kappa shape index (κ3) is 8.14. The summed E-state index contributed by atoms with van der Waals surface area (Å²) in [6.07, 6.45) is 5.31. The van der Waals surface area contributed by atoms with E-state index in [1.54, 1.807) is 0 Å². The van der Waals surface area contributed by atoms with E-state index in [0.717, 1.165) is 37.2 Å². The van der Waals surface area contributed by atoms with Gasteiger partial charge in [-0.15, -0.1) is 0 Å². The van der Waals surface area contributed by atoms with Crippen LogP contribution in [0.15, 0.2) is 6.33 Å². The van der Waals surface area contributed by atoms with Crippen molar-refractivity contribution in [1.29, 1.82) is 0 Å². The third-order valence-corrected chi connectivity index (χ3v) is 5.36. The summed E-state index contributed by atoms with van der Waals surface area (Å²) in [6, 6.07) is 0.00428. The van der Waals surface area contributed by atoms with Crippen molar-refractivity contribution in [1.82, 2.24) is 20.2 Å². The lowest BCUT2D eigenvalue weighted by molar-refractivity contribution is -0.129. The summed E-state index contributed by atoms with van der Waals surface area (Å²) >= 11 is 0. The van der Waals surface area contributed by atoms with Crippen molar-refractivity contribution in [2.24, 2.45) is 5.92 Å². The lowest BCUT2D eigenvalue weighted by Crippen LogP contribution is -2.50. The van der Waals surface area contributed by atoms with Gasteiger partial charge in [-0.05, 0) is 39.5 Å². The van der Waals surface area contributed by atoms with Crippen LogP contribution in [0.1, 0.15) is 57.3 Å². The van der Waals surface area contributed by atoms with Crippen molar-refractivity contribution in [2.45, 2.75) is 78.5 Å². The van der Waals surface area contributed by atoms with Gasteiger partial charge in [-0.3, -0.25) is 14.4 Å². The second-order valence-corrected chi connectivity index (χ2v) is 7.45. The Labute approximate surface area is 178 Å². The number of nitrogens with one attached hydrogen (secondary N) is 2. The summed E-state index contributed by atoms with van der Waals surface area (Å²) in [5.74, 6) is 0.0566. The van der Waals surface area contributed by atoms with E-state index < -0.39 is 0 Å². The van der Waals surface area contributed by atoms with Gasteiger partial charge in [0.25, 0.3) is 6.47 Å². The summed E-state index contributed by atoms with van der Waals surface area (Å²) in [5, 5.41) is 13.0. The standard InChI is InChI=1S/C20H34N4O3.CH2O2/c1-5-11-27-18-12-16(7-8-17(18)23-19(25)6-2)20(26)21-9-10-24-13-22-14(3)15(24)4;2-1-3/h13,16-18H,5-12H2,1-4H3,(H,21,26)(H,23,25);1H,(H,2,3)/t16-,17-,18-;/m0./s1. The Kier molecular flexibility index (Phi) is 11.7. The SMILES string of the molecule is CCCO[C@H]1C[C@@H](C(=O)NCCn2cnc(C)c2C)CC[C@@H]1NC(=O)CC.O=CO. The minimum atomic E-state index is -0.250. The van der Waals surface area contributed by atoms with Crippen LogP contribution in [0, 0.1) is 19.8 Å².